The Labute approximate surface area is 155 Å². The number of pyridine rings is 1. The number of nitrogens with two attached hydrogens (primary N) is 1. The highest BCUT2D eigenvalue weighted by Gasteiger charge is 2.19. The van der Waals surface area contributed by atoms with Gasteiger partial charge in [0.1, 0.15) is 28.7 Å². The fraction of sp³-hybridized carbons (Fsp3) is 0.211. The molecule has 134 valence electrons. The minimum Gasteiger partial charge on any atom is -0.398 e. The first kappa shape index (κ1) is 16.9. The summed E-state index contributed by atoms with van der Waals surface area (Å²) in [6.45, 7) is 0. The van der Waals surface area contributed by atoms with Crippen LogP contribution in [0.15, 0.2) is 36.9 Å². The molecule has 3 aromatic rings. The number of nitrogen functional groups attached to an aromatic ring is 1. The second-order valence-electron chi connectivity index (χ2n) is 6.38. The van der Waals surface area contributed by atoms with Crippen LogP contribution in [0.25, 0.3) is 28.5 Å². The van der Waals surface area contributed by atoms with Crippen LogP contribution in [-0.2, 0) is 7.05 Å². The van der Waals surface area contributed by atoms with Crippen molar-refractivity contribution in [3.05, 3.63) is 48.2 Å². The Hall–Kier alpha value is -3.57. The Balaban J connectivity index is 1.86. The van der Waals surface area contributed by atoms with Gasteiger partial charge in [0.15, 0.2) is 5.82 Å². The number of aliphatic hydroxyl groups is 1. The number of aliphatic hydroxyl groups excluding tert-OH is 1. The maximum atomic E-state index is 9.73. The number of aromatic nitrogens is 5. The Morgan fingerprint density at radius 2 is 2.07 bits per heavy atom. The molecule has 0 bridgehead atoms. The van der Waals surface area contributed by atoms with Crippen LogP contribution in [0.2, 0.25) is 0 Å². The van der Waals surface area contributed by atoms with Crippen molar-refractivity contribution >= 4 is 11.3 Å². The molecule has 0 saturated carbocycles. The number of nitrogens with zero attached hydrogens (tertiary/aromatic N) is 6. The van der Waals surface area contributed by atoms with Crippen LogP contribution < -0.4 is 5.73 Å². The predicted octanol–water partition coefficient (Wildman–Crippen LogP) is 1.93. The van der Waals surface area contributed by atoms with Gasteiger partial charge in [0.2, 0.25) is 0 Å². The minimum atomic E-state index is -0.458. The molecule has 0 aliphatic heterocycles. The molecule has 8 heteroatoms. The predicted molar refractivity (Wildman–Crippen MR) is 99.8 cm³/mol. The van der Waals surface area contributed by atoms with Crippen molar-refractivity contribution in [2.75, 3.05) is 5.73 Å². The van der Waals surface area contributed by atoms with E-state index >= 15 is 0 Å². The topological polar surface area (TPSA) is 127 Å². The average molecular weight is 359 g/mol. The van der Waals surface area contributed by atoms with Crippen LogP contribution in [0.3, 0.4) is 0 Å². The molecule has 3 heterocycles. The number of nitriles is 1. The molecule has 0 saturated heterocycles. The molecule has 1 unspecified atom stereocenters. The van der Waals surface area contributed by atoms with E-state index in [2.05, 4.69) is 26.0 Å². The van der Waals surface area contributed by atoms with E-state index in [1.54, 1.807) is 30.7 Å². The van der Waals surface area contributed by atoms with E-state index in [1.807, 2.05) is 17.8 Å². The van der Waals surface area contributed by atoms with Crippen molar-refractivity contribution in [2.45, 2.75) is 18.9 Å². The van der Waals surface area contributed by atoms with Crippen molar-refractivity contribution in [1.29, 1.82) is 5.26 Å². The quantitative estimate of drug-likeness (QED) is 0.731. The number of imidazole rings is 1. The SMILES string of the molecule is Cn1ccnc1-c1cc(N)c(C#N)c(-c2cncc(C3=CC(O)CC3)n2)n1. The third kappa shape index (κ3) is 3.05. The Kier molecular flexibility index (Phi) is 4.14. The zero-order valence-electron chi connectivity index (χ0n) is 14.7. The van der Waals surface area contributed by atoms with Crippen molar-refractivity contribution in [3.8, 4) is 29.0 Å². The van der Waals surface area contributed by atoms with Gasteiger partial charge in [-0.05, 0) is 24.5 Å². The molecule has 0 spiro atoms. The minimum absolute atomic E-state index is 0.250. The van der Waals surface area contributed by atoms with Gasteiger partial charge in [0.25, 0.3) is 0 Å². The van der Waals surface area contributed by atoms with Gasteiger partial charge in [-0.1, -0.05) is 6.08 Å². The van der Waals surface area contributed by atoms with E-state index in [1.165, 1.54) is 0 Å². The van der Waals surface area contributed by atoms with Gasteiger partial charge >= 0.3 is 0 Å². The average Bonchev–Trinajstić information content (AvgIpc) is 3.29. The zero-order chi connectivity index (χ0) is 19.0. The molecule has 1 aliphatic rings. The van der Waals surface area contributed by atoms with Crippen LogP contribution in [0, 0.1) is 11.3 Å². The summed E-state index contributed by atoms with van der Waals surface area (Å²) >= 11 is 0. The van der Waals surface area contributed by atoms with Gasteiger partial charge in [0.05, 0.1) is 29.9 Å². The maximum Gasteiger partial charge on any atom is 0.158 e. The molecular weight excluding hydrogens is 342 g/mol. The molecule has 0 aromatic carbocycles. The number of anilines is 1. The molecule has 4 rings (SSSR count). The van der Waals surface area contributed by atoms with Gasteiger partial charge in [-0.15, -0.1) is 0 Å². The monoisotopic (exact) mass is 359 g/mol. The van der Waals surface area contributed by atoms with Gasteiger partial charge in [-0.3, -0.25) is 4.98 Å². The second kappa shape index (κ2) is 6.63. The van der Waals surface area contributed by atoms with Crippen molar-refractivity contribution in [3.63, 3.8) is 0 Å². The maximum absolute atomic E-state index is 9.73. The lowest BCUT2D eigenvalue weighted by atomic mass is 10.1. The molecule has 0 radical (unpaired) electrons. The summed E-state index contributed by atoms with van der Waals surface area (Å²) in [7, 11) is 1.86. The summed E-state index contributed by atoms with van der Waals surface area (Å²) in [5.41, 5.74) is 9.64. The molecule has 3 aromatic heterocycles. The van der Waals surface area contributed by atoms with Gasteiger partial charge in [0, 0.05) is 19.4 Å². The molecule has 1 aliphatic carbocycles. The number of aryl methyl sites for hydroxylation is 1. The van der Waals surface area contributed by atoms with Gasteiger partial charge in [-0.25, -0.2) is 15.0 Å². The molecular formula is C19H17N7O. The van der Waals surface area contributed by atoms with Gasteiger partial charge < -0.3 is 15.4 Å². The summed E-state index contributed by atoms with van der Waals surface area (Å²) in [6, 6.07) is 3.74. The summed E-state index contributed by atoms with van der Waals surface area (Å²) in [5.74, 6) is 0.637. The smallest absolute Gasteiger partial charge is 0.158 e. The largest absolute Gasteiger partial charge is 0.398 e. The van der Waals surface area contributed by atoms with Crippen LogP contribution in [0.4, 0.5) is 5.69 Å². The van der Waals surface area contributed by atoms with Crippen molar-refractivity contribution in [2.24, 2.45) is 7.05 Å². The van der Waals surface area contributed by atoms with E-state index in [0.717, 1.165) is 12.0 Å². The van der Waals surface area contributed by atoms with Crippen molar-refractivity contribution < 1.29 is 5.11 Å². The molecule has 3 N–H and O–H groups in total. The van der Waals surface area contributed by atoms with E-state index in [-0.39, 0.29) is 5.56 Å². The van der Waals surface area contributed by atoms with Crippen LogP contribution in [-0.4, -0.2) is 35.7 Å². The third-order valence-electron chi connectivity index (χ3n) is 4.52. The second-order valence-corrected chi connectivity index (χ2v) is 6.38. The number of rotatable bonds is 3. The van der Waals surface area contributed by atoms with E-state index in [9.17, 15) is 10.4 Å². The lowest BCUT2D eigenvalue weighted by Crippen LogP contribution is -2.03. The zero-order valence-corrected chi connectivity index (χ0v) is 14.7. The fourth-order valence-corrected chi connectivity index (χ4v) is 3.15. The first-order valence-corrected chi connectivity index (χ1v) is 8.46. The number of allylic oxidation sites excluding steroid dienone is 1. The Morgan fingerprint density at radius 1 is 1.26 bits per heavy atom. The standard InChI is InChI=1S/C19H17N7O/c1-26-5-4-23-19(26)15-7-14(21)13(8-20)18(25-15)17-10-22-9-16(24-17)11-2-3-12(27)6-11/h4-7,9-10,12,27H,2-3H2,1H3,(H2,21,25). The lowest BCUT2D eigenvalue weighted by Gasteiger charge is -2.10. The summed E-state index contributed by atoms with van der Waals surface area (Å²) in [6.07, 6.45) is 9.40. The van der Waals surface area contributed by atoms with E-state index < -0.39 is 6.10 Å². The Morgan fingerprint density at radius 3 is 2.74 bits per heavy atom. The number of hydrogen-bond donors (Lipinski definition) is 2. The van der Waals surface area contributed by atoms with Crippen LogP contribution in [0.5, 0.6) is 0 Å². The molecule has 27 heavy (non-hydrogen) atoms. The molecule has 0 amide bonds. The highest BCUT2D eigenvalue weighted by molar-refractivity contribution is 5.76. The highest BCUT2D eigenvalue weighted by Crippen LogP contribution is 2.31. The van der Waals surface area contributed by atoms with E-state index in [0.29, 0.717) is 40.7 Å². The summed E-state index contributed by atoms with van der Waals surface area (Å²) in [4.78, 5) is 17.8. The summed E-state index contributed by atoms with van der Waals surface area (Å²) in [5, 5.41) is 19.3. The first-order chi connectivity index (χ1) is 13.1. The molecule has 0 fully saturated rings. The molecule has 1 atom stereocenters. The fourth-order valence-electron chi connectivity index (χ4n) is 3.15. The third-order valence-corrected chi connectivity index (χ3v) is 4.52. The van der Waals surface area contributed by atoms with Crippen LogP contribution >= 0.6 is 0 Å². The van der Waals surface area contributed by atoms with Crippen molar-refractivity contribution in [1.82, 2.24) is 24.5 Å². The lowest BCUT2D eigenvalue weighted by molar-refractivity contribution is 0.223. The Bertz CT molecular complexity index is 1090. The first-order valence-electron chi connectivity index (χ1n) is 8.46. The molecule has 8 nitrogen and oxygen atoms in total. The highest BCUT2D eigenvalue weighted by atomic mass is 16.3. The summed E-state index contributed by atoms with van der Waals surface area (Å²) < 4.78 is 1.82. The van der Waals surface area contributed by atoms with Crippen LogP contribution in [0.1, 0.15) is 24.1 Å². The van der Waals surface area contributed by atoms with Gasteiger partial charge in [-0.2, -0.15) is 5.26 Å². The van der Waals surface area contributed by atoms with E-state index in [4.69, 9.17) is 5.73 Å². The normalized spacial score (nSPS) is 16.2. The number of hydrogen-bond acceptors (Lipinski definition) is 7.